The summed E-state index contributed by atoms with van der Waals surface area (Å²) in [6.07, 6.45) is 4.49. The maximum Gasteiger partial charge on any atom is 0.306 e. The first kappa shape index (κ1) is 22.6. The number of carboxylic acids is 1. The second-order valence-electron chi connectivity index (χ2n) is 9.05. The number of aromatic amines is 1. The van der Waals surface area contributed by atoms with E-state index in [0.29, 0.717) is 55.0 Å². The zero-order valence-corrected chi connectivity index (χ0v) is 18.7. The molecule has 2 aliphatic rings. The Morgan fingerprint density at radius 2 is 2.03 bits per heavy atom. The Morgan fingerprint density at radius 1 is 1.24 bits per heavy atom. The van der Waals surface area contributed by atoms with E-state index in [9.17, 15) is 14.3 Å². The van der Waals surface area contributed by atoms with E-state index in [1.807, 2.05) is 30.3 Å². The molecule has 0 radical (unpaired) electrons. The zero-order chi connectivity index (χ0) is 23.7. The van der Waals surface area contributed by atoms with E-state index in [0.717, 1.165) is 17.6 Å². The number of aromatic nitrogens is 2. The Morgan fingerprint density at radius 3 is 2.71 bits per heavy atom. The fourth-order valence-corrected chi connectivity index (χ4v) is 4.68. The third-order valence-electron chi connectivity index (χ3n) is 6.66. The molecule has 0 saturated carbocycles. The molecule has 7 nitrogen and oxygen atoms in total. The molecule has 1 aromatic carbocycles. The average Bonchev–Trinajstić information content (AvgIpc) is 3.48. The van der Waals surface area contributed by atoms with Crippen molar-refractivity contribution in [3.63, 3.8) is 0 Å². The Labute approximate surface area is 196 Å². The number of halogens is 1. The van der Waals surface area contributed by atoms with Crippen LogP contribution in [0.5, 0.6) is 5.88 Å². The molecule has 0 amide bonds. The van der Waals surface area contributed by atoms with Crippen molar-refractivity contribution in [3.05, 3.63) is 53.9 Å². The molecule has 2 aromatic heterocycles. The molecular weight excluding hydrogens is 439 g/mol. The second-order valence-corrected chi connectivity index (χ2v) is 9.05. The van der Waals surface area contributed by atoms with Gasteiger partial charge in [-0.1, -0.05) is 30.3 Å². The van der Waals surface area contributed by atoms with Crippen LogP contribution in [0.2, 0.25) is 0 Å². The first-order chi connectivity index (χ1) is 16.5. The van der Waals surface area contributed by atoms with E-state index in [2.05, 4.69) is 9.97 Å². The van der Waals surface area contributed by atoms with Crippen LogP contribution in [-0.2, 0) is 9.53 Å². The first-order valence-corrected chi connectivity index (χ1v) is 11.6. The topological polar surface area (TPSA) is 105 Å². The molecule has 3 N–H and O–H groups in total. The van der Waals surface area contributed by atoms with Gasteiger partial charge in [-0.25, -0.2) is 9.37 Å². The molecule has 34 heavy (non-hydrogen) atoms. The Bertz CT molecular complexity index is 1220. The largest absolute Gasteiger partial charge is 0.481 e. The second kappa shape index (κ2) is 9.56. The van der Waals surface area contributed by atoms with Gasteiger partial charge in [-0.2, -0.15) is 0 Å². The number of nitrogens with zero attached hydrogens (tertiary/aromatic N) is 1. The monoisotopic (exact) mass is 466 g/mol. The van der Waals surface area contributed by atoms with Crippen LogP contribution in [0, 0.1) is 17.7 Å². The van der Waals surface area contributed by atoms with Crippen molar-refractivity contribution in [2.24, 2.45) is 11.8 Å². The maximum absolute atomic E-state index is 14.9. The van der Waals surface area contributed by atoms with Crippen molar-refractivity contribution in [2.75, 3.05) is 19.8 Å². The molecule has 1 aliphatic heterocycles. The van der Waals surface area contributed by atoms with Gasteiger partial charge in [0, 0.05) is 23.6 Å². The van der Waals surface area contributed by atoms with Gasteiger partial charge in [-0.05, 0) is 36.8 Å². The van der Waals surface area contributed by atoms with E-state index in [-0.39, 0.29) is 30.2 Å². The molecule has 0 spiro atoms. The maximum atomic E-state index is 14.9. The number of H-pyrrole nitrogens is 1. The van der Waals surface area contributed by atoms with Gasteiger partial charge in [0.25, 0.3) is 0 Å². The summed E-state index contributed by atoms with van der Waals surface area (Å²) in [7, 11) is 0. The van der Waals surface area contributed by atoms with Crippen LogP contribution in [0.25, 0.3) is 27.9 Å². The van der Waals surface area contributed by atoms with Crippen molar-refractivity contribution in [1.82, 2.24) is 9.97 Å². The average molecular weight is 467 g/mol. The van der Waals surface area contributed by atoms with Crippen molar-refractivity contribution in [3.8, 4) is 17.1 Å². The van der Waals surface area contributed by atoms with Crippen LogP contribution in [0.15, 0.2) is 42.5 Å². The number of hydrogen-bond acceptors (Lipinski definition) is 5. The van der Waals surface area contributed by atoms with Gasteiger partial charge in [-0.15, -0.1) is 0 Å². The van der Waals surface area contributed by atoms with Crippen molar-refractivity contribution in [1.29, 1.82) is 0 Å². The minimum Gasteiger partial charge on any atom is -0.481 e. The summed E-state index contributed by atoms with van der Waals surface area (Å²) >= 11 is 0. The van der Waals surface area contributed by atoms with Gasteiger partial charge < -0.3 is 24.7 Å². The van der Waals surface area contributed by atoms with E-state index >= 15 is 0 Å². The molecule has 1 aliphatic carbocycles. The summed E-state index contributed by atoms with van der Waals surface area (Å²) in [6.45, 7) is 1.01. The molecule has 3 aromatic rings. The van der Waals surface area contributed by atoms with Crippen LogP contribution in [0.1, 0.15) is 31.2 Å². The van der Waals surface area contributed by atoms with Gasteiger partial charge >= 0.3 is 5.97 Å². The quantitative estimate of drug-likeness (QED) is 0.476. The fourth-order valence-electron chi connectivity index (χ4n) is 4.68. The summed E-state index contributed by atoms with van der Waals surface area (Å²) in [6, 6.07) is 10.7. The van der Waals surface area contributed by atoms with Crippen molar-refractivity contribution < 1.29 is 28.9 Å². The number of aliphatic hydroxyl groups is 1. The lowest BCUT2D eigenvalue weighted by Crippen LogP contribution is -2.15. The molecule has 8 heteroatoms. The Kier molecular flexibility index (Phi) is 6.34. The number of allylic oxidation sites excluding steroid dienone is 2. The molecule has 178 valence electrons. The van der Waals surface area contributed by atoms with Gasteiger partial charge in [0.1, 0.15) is 5.69 Å². The number of rotatable bonds is 7. The lowest BCUT2D eigenvalue weighted by molar-refractivity contribution is -0.141. The van der Waals surface area contributed by atoms with E-state index in [1.165, 1.54) is 6.07 Å². The summed E-state index contributed by atoms with van der Waals surface area (Å²) < 4.78 is 26.2. The number of fused-ring (bicyclic) bond motifs is 1. The number of aliphatic carboxylic acids is 1. The van der Waals surface area contributed by atoms with Crippen LogP contribution < -0.4 is 4.74 Å². The number of aliphatic hydroxyl groups excluding tert-OH is 1. The number of nitrogens with one attached hydrogen (secondary N) is 1. The summed E-state index contributed by atoms with van der Waals surface area (Å²) in [5.41, 5.74) is 4.25. The molecule has 1 unspecified atom stereocenters. The minimum absolute atomic E-state index is 0.0125. The van der Waals surface area contributed by atoms with Gasteiger partial charge in [-0.3, -0.25) is 4.79 Å². The third-order valence-corrected chi connectivity index (χ3v) is 6.66. The Hall–Kier alpha value is -3.23. The number of benzene rings is 1. The molecule has 3 heterocycles. The summed E-state index contributed by atoms with van der Waals surface area (Å²) in [5.74, 6) is -0.761. The van der Waals surface area contributed by atoms with Crippen LogP contribution >= 0.6 is 0 Å². The molecule has 1 saturated heterocycles. The SMILES string of the molecule is O=C(O)C1CC=C(c2ccc(-c3nc4cc(OC[C@@H]5CO[C@H](CO)C5)[nH]c4cc3F)cc2)CC1. The van der Waals surface area contributed by atoms with Crippen molar-refractivity contribution >= 4 is 22.6 Å². The third kappa shape index (κ3) is 4.69. The number of carboxylic acid groups (broad SMARTS) is 1. The number of ether oxygens (including phenoxy) is 2. The van der Waals surface area contributed by atoms with E-state index in [4.69, 9.17) is 14.6 Å². The summed E-state index contributed by atoms with van der Waals surface area (Å²) in [4.78, 5) is 18.7. The first-order valence-electron chi connectivity index (χ1n) is 11.6. The number of carbonyl (C=O) groups is 1. The summed E-state index contributed by atoms with van der Waals surface area (Å²) in [5, 5.41) is 18.3. The molecule has 3 atom stereocenters. The van der Waals surface area contributed by atoms with E-state index in [1.54, 1.807) is 6.07 Å². The highest BCUT2D eigenvalue weighted by molar-refractivity contribution is 5.81. The predicted molar refractivity (Wildman–Crippen MR) is 125 cm³/mol. The minimum atomic E-state index is -0.746. The van der Waals surface area contributed by atoms with Gasteiger partial charge in [0.15, 0.2) is 11.7 Å². The Balaban J connectivity index is 1.30. The lowest BCUT2D eigenvalue weighted by Gasteiger charge is -2.19. The molecule has 5 rings (SSSR count). The van der Waals surface area contributed by atoms with Crippen LogP contribution in [0.3, 0.4) is 0 Å². The highest BCUT2D eigenvalue weighted by atomic mass is 19.1. The van der Waals surface area contributed by atoms with E-state index < -0.39 is 11.8 Å². The van der Waals surface area contributed by atoms with Crippen molar-refractivity contribution in [2.45, 2.75) is 31.8 Å². The van der Waals surface area contributed by atoms with Crippen LogP contribution in [-0.4, -0.2) is 52.1 Å². The van der Waals surface area contributed by atoms with Crippen LogP contribution in [0.4, 0.5) is 4.39 Å². The highest BCUT2D eigenvalue weighted by Crippen LogP contribution is 2.32. The fraction of sp³-hybridized carbons (Fsp3) is 0.385. The van der Waals surface area contributed by atoms with Gasteiger partial charge in [0.2, 0.25) is 0 Å². The lowest BCUT2D eigenvalue weighted by atomic mass is 9.86. The molecular formula is C26H27FN2O5. The highest BCUT2D eigenvalue weighted by Gasteiger charge is 2.25. The molecule has 1 fully saturated rings. The molecule has 0 bridgehead atoms. The van der Waals surface area contributed by atoms with Gasteiger partial charge in [0.05, 0.1) is 42.9 Å². The predicted octanol–water partition coefficient (Wildman–Crippen LogP) is 4.41. The number of hydrogen-bond donors (Lipinski definition) is 3. The normalized spacial score (nSPS) is 22.6. The smallest absolute Gasteiger partial charge is 0.306 e. The standard InChI is InChI=1S/C26H27FN2O5/c27-21-10-22-23(11-24(28-22)34-14-15-9-20(12-30)33-13-15)29-25(21)18-5-1-16(2-6-18)17-3-7-19(8-4-17)26(31)32/h1-3,5-6,10-11,15,19-20,28,30H,4,7-9,12-14H2,(H,31,32)/t15-,19?,20-/m0/s1. The zero-order valence-electron chi connectivity index (χ0n) is 18.7. The number of pyridine rings is 1.